The van der Waals surface area contributed by atoms with Gasteiger partial charge in [0, 0.05) is 11.6 Å². The van der Waals surface area contributed by atoms with Crippen LogP contribution in [-0.2, 0) is 6.18 Å². The fraction of sp³-hybridized carbons (Fsp3) is 0.364. The van der Waals surface area contributed by atoms with E-state index in [1.807, 2.05) is 0 Å². The molecule has 0 aliphatic carbocycles. The first-order valence-corrected chi connectivity index (χ1v) is 5.44. The number of nitrogens with two attached hydrogens (primary N) is 1. The first-order chi connectivity index (χ1) is 8.70. The lowest BCUT2D eigenvalue weighted by atomic mass is 10.1. The normalized spacial score (nSPS) is 13.8. The Morgan fingerprint density at radius 2 is 2.00 bits per heavy atom. The van der Waals surface area contributed by atoms with E-state index in [1.54, 1.807) is 0 Å². The number of aryl methyl sites for hydroxylation is 1. The highest BCUT2D eigenvalue weighted by molar-refractivity contribution is 5.75. The van der Waals surface area contributed by atoms with Gasteiger partial charge in [0.05, 0.1) is 5.39 Å². The van der Waals surface area contributed by atoms with Crippen LogP contribution < -0.4 is 11.3 Å². The second-order valence-corrected chi connectivity index (χ2v) is 4.24. The summed E-state index contributed by atoms with van der Waals surface area (Å²) in [5, 5.41) is -0.00843. The van der Waals surface area contributed by atoms with Gasteiger partial charge < -0.3 is 10.7 Å². The van der Waals surface area contributed by atoms with Crippen molar-refractivity contribution >= 4 is 11.0 Å². The lowest BCUT2D eigenvalue weighted by molar-refractivity contribution is -0.141. The molecule has 2 aromatic heterocycles. The highest BCUT2D eigenvalue weighted by Gasteiger charge is 2.36. The van der Waals surface area contributed by atoms with Crippen LogP contribution in [0.3, 0.4) is 0 Å². The molecule has 1 atom stereocenters. The zero-order valence-electron chi connectivity index (χ0n) is 10.2. The van der Waals surface area contributed by atoms with Crippen LogP contribution in [0.5, 0.6) is 0 Å². The number of aromatic nitrogens is 3. The minimum Gasteiger partial charge on any atom is -0.324 e. The molecule has 0 fully saturated rings. The molecule has 0 aliphatic heterocycles. The standard InChI is InChI=1S/C11H11F3N4O/c1-4(15)6-3-7-9(16-5(2)17-10(7)19)18-8(6)11(12,13)14/h3-4H,15H2,1-2H3,(H,16,17,18,19). The number of alkyl halides is 3. The Kier molecular flexibility index (Phi) is 3.05. The van der Waals surface area contributed by atoms with Crippen molar-refractivity contribution in [2.24, 2.45) is 5.73 Å². The molecule has 0 radical (unpaired) electrons. The van der Waals surface area contributed by atoms with Crippen molar-refractivity contribution in [1.82, 2.24) is 15.0 Å². The second kappa shape index (κ2) is 4.30. The molecule has 2 rings (SSSR count). The summed E-state index contributed by atoms with van der Waals surface area (Å²) in [7, 11) is 0. The minimum absolute atomic E-state index is 0.00843. The van der Waals surface area contributed by atoms with E-state index >= 15 is 0 Å². The maximum absolute atomic E-state index is 12.9. The summed E-state index contributed by atoms with van der Waals surface area (Å²) in [6.45, 7) is 2.86. The van der Waals surface area contributed by atoms with Crippen LogP contribution in [0.4, 0.5) is 13.2 Å². The van der Waals surface area contributed by atoms with Crippen LogP contribution in [-0.4, -0.2) is 15.0 Å². The van der Waals surface area contributed by atoms with E-state index in [2.05, 4.69) is 15.0 Å². The van der Waals surface area contributed by atoms with Gasteiger partial charge in [-0.3, -0.25) is 4.79 Å². The topological polar surface area (TPSA) is 84.7 Å². The van der Waals surface area contributed by atoms with Crippen LogP contribution >= 0.6 is 0 Å². The van der Waals surface area contributed by atoms with Gasteiger partial charge in [0.15, 0.2) is 11.3 Å². The number of aromatic amines is 1. The molecule has 3 N–H and O–H groups in total. The summed E-state index contributed by atoms with van der Waals surface area (Å²) in [6.07, 6.45) is -4.64. The Morgan fingerprint density at radius 3 is 2.53 bits per heavy atom. The van der Waals surface area contributed by atoms with Gasteiger partial charge in [-0.05, 0) is 19.9 Å². The Labute approximate surface area is 105 Å². The van der Waals surface area contributed by atoms with E-state index in [-0.39, 0.29) is 22.4 Å². The maximum atomic E-state index is 12.9. The Morgan fingerprint density at radius 1 is 1.37 bits per heavy atom. The lowest BCUT2D eigenvalue weighted by Crippen LogP contribution is -2.20. The summed E-state index contributed by atoms with van der Waals surface area (Å²) in [6, 6.07) is 0.204. The SMILES string of the molecule is Cc1nc2nc(C(F)(F)F)c(C(C)N)cc2c(=O)[nH]1. The van der Waals surface area contributed by atoms with Crippen molar-refractivity contribution < 1.29 is 13.2 Å². The van der Waals surface area contributed by atoms with Crippen molar-refractivity contribution in [1.29, 1.82) is 0 Å². The van der Waals surface area contributed by atoms with Crippen LogP contribution in [0.15, 0.2) is 10.9 Å². The highest BCUT2D eigenvalue weighted by atomic mass is 19.4. The van der Waals surface area contributed by atoms with Crippen LogP contribution in [0.1, 0.15) is 30.0 Å². The van der Waals surface area contributed by atoms with E-state index in [4.69, 9.17) is 5.73 Å². The van der Waals surface area contributed by atoms with Crippen molar-refractivity contribution in [2.75, 3.05) is 0 Å². The van der Waals surface area contributed by atoms with Gasteiger partial charge in [-0.25, -0.2) is 9.97 Å². The van der Waals surface area contributed by atoms with E-state index in [0.29, 0.717) is 0 Å². The molecule has 2 heterocycles. The number of halogens is 3. The predicted octanol–water partition coefficient (Wildman–Crippen LogP) is 1.67. The molecule has 5 nitrogen and oxygen atoms in total. The van der Waals surface area contributed by atoms with Crippen molar-refractivity contribution in [3.63, 3.8) is 0 Å². The second-order valence-electron chi connectivity index (χ2n) is 4.24. The highest BCUT2D eigenvalue weighted by Crippen LogP contribution is 2.33. The van der Waals surface area contributed by atoms with Gasteiger partial charge in [0.2, 0.25) is 0 Å². The summed E-state index contributed by atoms with van der Waals surface area (Å²) in [4.78, 5) is 21.3. The lowest BCUT2D eigenvalue weighted by Gasteiger charge is -2.15. The molecule has 0 aliphatic rings. The van der Waals surface area contributed by atoms with Crippen molar-refractivity contribution in [2.45, 2.75) is 26.1 Å². The Bertz CT molecular complexity index is 691. The van der Waals surface area contributed by atoms with Gasteiger partial charge in [0.25, 0.3) is 5.56 Å². The number of nitrogens with zero attached hydrogens (tertiary/aromatic N) is 2. The first kappa shape index (κ1) is 13.5. The van der Waals surface area contributed by atoms with E-state index in [9.17, 15) is 18.0 Å². The summed E-state index contributed by atoms with van der Waals surface area (Å²) in [5.41, 5.74) is 3.41. The summed E-state index contributed by atoms with van der Waals surface area (Å²) in [5.74, 6) is 0.201. The third-order valence-electron chi connectivity index (χ3n) is 2.60. The largest absolute Gasteiger partial charge is 0.433 e. The molecule has 0 amide bonds. The molecule has 1 unspecified atom stereocenters. The summed E-state index contributed by atoms with van der Waals surface area (Å²) < 4.78 is 38.7. The van der Waals surface area contributed by atoms with Crippen LogP contribution in [0.2, 0.25) is 0 Å². The van der Waals surface area contributed by atoms with Crippen molar-refractivity contribution in [3.05, 3.63) is 33.5 Å². The average molecular weight is 272 g/mol. The first-order valence-electron chi connectivity index (χ1n) is 5.44. The number of rotatable bonds is 1. The molecule has 0 bridgehead atoms. The maximum Gasteiger partial charge on any atom is 0.433 e. The number of nitrogens with one attached hydrogen (secondary N) is 1. The quantitative estimate of drug-likeness (QED) is 0.826. The number of hydrogen-bond acceptors (Lipinski definition) is 4. The van der Waals surface area contributed by atoms with Gasteiger partial charge in [0.1, 0.15) is 5.82 Å². The van der Waals surface area contributed by atoms with Crippen molar-refractivity contribution in [3.8, 4) is 0 Å². The molecule has 8 heteroatoms. The van der Waals surface area contributed by atoms with Crippen LogP contribution in [0.25, 0.3) is 11.0 Å². The monoisotopic (exact) mass is 272 g/mol. The zero-order chi connectivity index (χ0) is 14.4. The third kappa shape index (κ3) is 2.43. The number of pyridine rings is 1. The summed E-state index contributed by atoms with van der Waals surface area (Å²) >= 11 is 0. The molecular formula is C11H11F3N4O. The van der Waals surface area contributed by atoms with Gasteiger partial charge in [-0.15, -0.1) is 0 Å². The molecule has 0 saturated heterocycles. The molecule has 0 spiro atoms. The fourth-order valence-electron chi connectivity index (χ4n) is 1.76. The van der Waals surface area contributed by atoms with E-state index in [0.717, 1.165) is 6.07 Å². The number of fused-ring (bicyclic) bond motifs is 1. The molecular weight excluding hydrogens is 261 g/mol. The van der Waals surface area contributed by atoms with Gasteiger partial charge in [-0.1, -0.05) is 0 Å². The Hall–Kier alpha value is -1.96. The van der Waals surface area contributed by atoms with Crippen LogP contribution in [0, 0.1) is 6.92 Å². The van der Waals surface area contributed by atoms with Gasteiger partial charge in [-0.2, -0.15) is 13.2 Å². The number of hydrogen-bond donors (Lipinski definition) is 2. The molecule has 102 valence electrons. The molecule has 0 saturated carbocycles. The van der Waals surface area contributed by atoms with E-state index in [1.165, 1.54) is 13.8 Å². The van der Waals surface area contributed by atoms with E-state index < -0.39 is 23.5 Å². The minimum atomic E-state index is -4.64. The molecule has 19 heavy (non-hydrogen) atoms. The Balaban J connectivity index is 2.89. The zero-order valence-corrected chi connectivity index (χ0v) is 10.2. The molecule has 2 aromatic rings. The van der Waals surface area contributed by atoms with Gasteiger partial charge >= 0.3 is 6.18 Å². The average Bonchev–Trinajstić information content (AvgIpc) is 2.25. The smallest absolute Gasteiger partial charge is 0.324 e. The third-order valence-corrected chi connectivity index (χ3v) is 2.60. The predicted molar refractivity (Wildman–Crippen MR) is 62.5 cm³/mol. The molecule has 0 aromatic carbocycles. The fourth-order valence-corrected chi connectivity index (χ4v) is 1.76. The number of H-pyrrole nitrogens is 1.